The number of hydrogen-bond donors (Lipinski definition) is 0. The van der Waals surface area contributed by atoms with E-state index in [0.29, 0.717) is 6.42 Å². The van der Waals surface area contributed by atoms with Gasteiger partial charge in [-0.05, 0) is 19.3 Å². The number of rotatable bonds is 4. The molecule has 0 N–H and O–H groups in total. The van der Waals surface area contributed by atoms with Crippen molar-refractivity contribution < 1.29 is 14.3 Å². The lowest BCUT2D eigenvalue weighted by Gasteiger charge is -2.28. The molecule has 0 aliphatic heterocycles. The zero-order chi connectivity index (χ0) is 11.3. The Kier molecular flexibility index (Phi) is 4.79. The quantitative estimate of drug-likeness (QED) is 0.672. The van der Waals surface area contributed by atoms with E-state index in [1.807, 2.05) is 0 Å². The van der Waals surface area contributed by atoms with Crippen LogP contribution in [-0.2, 0) is 14.3 Å². The molecule has 2 atom stereocenters. The fourth-order valence-corrected chi connectivity index (χ4v) is 2.33. The van der Waals surface area contributed by atoms with Crippen LogP contribution in [0.4, 0.5) is 0 Å². The first-order valence-corrected chi connectivity index (χ1v) is 5.81. The summed E-state index contributed by atoms with van der Waals surface area (Å²) in [5.41, 5.74) is 0. The van der Waals surface area contributed by atoms with Crippen LogP contribution >= 0.6 is 0 Å². The predicted octanol–water partition coefficient (Wildman–Crippen LogP) is 2.33. The standard InChI is InChI=1S/C12H20O3/c1-3-4-6-9-10(12(14)15-2)7-5-8-11(9)13/h9-10H,3-8H2,1-2H3/t9?,10-/m1/s1. The Bertz CT molecular complexity index is 235. The molecule has 0 saturated heterocycles. The highest BCUT2D eigenvalue weighted by Gasteiger charge is 2.36. The molecule has 0 amide bonds. The molecule has 0 aromatic carbocycles. The van der Waals surface area contributed by atoms with Gasteiger partial charge in [0, 0.05) is 12.3 Å². The van der Waals surface area contributed by atoms with E-state index in [2.05, 4.69) is 6.92 Å². The number of unbranched alkanes of at least 4 members (excludes halogenated alkanes) is 1. The summed E-state index contributed by atoms with van der Waals surface area (Å²) < 4.78 is 4.76. The highest BCUT2D eigenvalue weighted by Crippen LogP contribution is 2.31. The number of ether oxygens (including phenoxy) is 1. The highest BCUT2D eigenvalue weighted by molar-refractivity contribution is 5.87. The zero-order valence-electron chi connectivity index (χ0n) is 9.62. The van der Waals surface area contributed by atoms with Crippen molar-refractivity contribution in [2.75, 3.05) is 7.11 Å². The van der Waals surface area contributed by atoms with E-state index in [0.717, 1.165) is 32.1 Å². The Hall–Kier alpha value is -0.860. The molecule has 0 bridgehead atoms. The molecule has 15 heavy (non-hydrogen) atoms. The first-order chi connectivity index (χ1) is 7.20. The van der Waals surface area contributed by atoms with Crippen LogP contribution in [0.3, 0.4) is 0 Å². The van der Waals surface area contributed by atoms with Gasteiger partial charge in [-0.25, -0.2) is 0 Å². The summed E-state index contributed by atoms with van der Waals surface area (Å²) in [5, 5.41) is 0. The van der Waals surface area contributed by atoms with Crippen LogP contribution in [0.15, 0.2) is 0 Å². The third-order valence-corrected chi connectivity index (χ3v) is 3.21. The summed E-state index contributed by atoms with van der Waals surface area (Å²) in [6, 6.07) is 0. The Morgan fingerprint density at radius 2 is 2.27 bits per heavy atom. The van der Waals surface area contributed by atoms with Crippen molar-refractivity contribution in [3.05, 3.63) is 0 Å². The van der Waals surface area contributed by atoms with Crippen LogP contribution in [0.2, 0.25) is 0 Å². The SMILES string of the molecule is CCCCC1C(=O)CCC[C@H]1C(=O)OC. The van der Waals surface area contributed by atoms with Gasteiger partial charge in [0.25, 0.3) is 0 Å². The third kappa shape index (κ3) is 3.05. The molecule has 86 valence electrons. The average molecular weight is 212 g/mol. The van der Waals surface area contributed by atoms with Gasteiger partial charge in [0.05, 0.1) is 13.0 Å². The van der Waals surface area contributed by atoms with E-state index in [1.165, 1.54) is 7.11 Å². The maximum absolute atomic E-state index is 11.7. The van der Waals surface area contributed by atoms with E-state index in [4.69, 9.17) is 4.74 Å². The number of hydrogen-bond acceptors (Lipinski definition) is 3. The normalized spacial score (nSPS) is 26.4. The first kappa shape index (κ1) is 12.2. The molecule has 3 nitrogen and oxygen atoms in total. The van der Waals surface area contributed by atoms with Gasteiger partial charge in [0.2, 0.25) is 0 Å². The number of carbonyl (C=O) groups excluding carboxylic acids is 2. The second-order valence-electron chi connectivity index (χ2n) is 4.24. The van der Waals surface area contributed by atoms with Gasteiger partial charge in [-0.3, -0.25) is 9.59 Å². The summed E-state index contributed by atoms with van der Waals surface area (Å²) in [7, 11) is 1.40. The van der Waals surface area contributed by atoms with E-state index in [1.54, 1.807) is 0 Å². The van der Waals surface area contributed by atoms with Crippen LogP contribution in [0, 0.1) is 11.8 Å². The van der Waals surface area contributed by atoms with E-state index in [9.17, 15) is 9.59 Å². The number of ketones is 1. The van der Waals surface area contributed by atoms with Gasteiger partial charge in [-0.2, -0.15) is 0 Å². The van der Waals surface area contributed by atoms with Gasteiger partial charge >= 0.3 is 5.97 Å². The van der Waals surface area contributed by atoms with Gasteiger partial charge in [0.15, 0.2) is 0 Å². The number of esters is 1. The minimum Gasteiger partial charge on any atom is -0.469 e. The highest BCUT2D eigenvalue weighted by atomic mass is 16.5. The van der Waals surface area contributed by atoms with E-state index >= 15 is 0 Å². The van der Waals surface area contributed by atoms with Crippen molar-refractivity contribution in [3.63, 3.8) is 0 Å². The van der Waals surface area contributed by atoms with Crippen molar-refractivity contribution in [3.8, 4) is 0 Å². The van der Waals surface area contributed by atoms with Crippen molar-refractivity contribution in [2.24, 2.45) is 11.8 Å². The van der Waals surface area contributed by atoms with E-state index < -0.39 is 0 Å². The van der Waals surface area contributed by atoms with Crippen LogP contribution in [0.1, 0.15) is 45.4 Å². The van der Waals surface area contributed by atoms with Crippen molar-refractivity contribution in [1.29, 1.82) is 0 Å². The fraction of sp³-hybridized carbons (Fsp3) is 0.833. The molecular formula is C12H20O3. The lowest BCUT2D eigenvalue weighted by molar-refractivity contribution is -0.152. The number of methoxy groups -OCH3 is 1. The van der Waals surface area contributed by atoms with Crippen LogP contribution in [0.5, 0.6) is 0 Å². The zero-order valence-corrected chi connectivity index (χ0v) is 9.62. The molecule has 1 aliphatic rings. The lowest BCUT2D eigenvalue weighted by atomic mass is 9.76. The van der Waals surface area contributed by atoms with Gasteiger partial charge in [-0.15, -0.1) is 0 Å². The largest absolute Gasteiger partial charge is 0.469 e. The molecule has 1 fully saturated rings. The maximum Gasteiger partial charge on any atom is 0.309 e. The number of Topliss-reactive ketones (excluding diaryl/α,β-unsaturated/α-hetero) is 1. The number of carbonyl (C=O) groups is 2. The average Bonchev–Trinajstić information content (AvgIpc) is 2.26. The molecule has 1 saturated carbocycles. The smallest absolute Gasteiger partial charge is 0.309 e. The molecule has 1 aliphatic carbocycles. The Balaban J connectivity index is 2.64. The monoisotopic (exact) mass is 212 g/mol. The molecule has 3 heteroatoms. The Morgan fingerprint density at radius 1 is 1.53 bits per heavy atom. The van der Waals surface area contributed by atoms with Crippen LogP contribution < -0.4 is 0 Å². The molecule has 1 rings (SSSR count). The Morgan fingerprint density at radius 3 is 2.87 bits per heavy atom. The Labute approximate surface area is 91.2 Å². The second kappa shape index (κ2) is 5.89. The summed E-state index contributed by atoms with van der Waals surface area (Å²) in [5.74, 6) is -0.205. The minimum absolute atomic E-state index is 0.0776. The first-order valence-electron chi connectivity index (χ1n) is 5.81. The second-order valence-corrected chi connectivity index (χ2v) is 4.24. The predicted molar refractivity (Wildman–Crippen MR) is 57.4 cm³/mol. The molecule has 0 radical (unpaired) electrons. The summed E-state index contributed by atoms with van der Waals surface area (Å²) >= 11 is 0. The van der Waals surface area contributed by atoms with Crippen LogP contribution in [0.25, 0.3) is 0 Å². The topological polar surface area (TPSA) is 43.4 Å². The summed E-state index contributed by atoms with van der Waals surface area (Å²) in [4.78, 5) is 23.2. The lowest BCUT2D eigenvalue weighted by Crippen LogP contribution is -2.34. The van der Waals surface area contributed by atoms with Gasteiger partial charge in [0.1, 0.15) is 5.78 Å². The van der Waals surface area contributed by atoms with Crippen LogP contribution in [-0.4, -0.2) is 18.9 Å². The van der Waals surface area contributed by atoms with Gasteiger partial charge in [-0.1, -0.05) is 19.8 Å². The third-order valence-electron chi connectivity index (χ3n) is 3.21. The van der Waals surface area contributed by atoms with Gasteiger partial charge < -0.3 is 4.74 Å². The summed E-state index contributed by atoms with van der Waals surface area (Å²) in [6.07, 6.45) is 5.21. The summed E-state index contributed by atoms with van der Waals surface area (Å²) in [6.45, 7) is 2.10. The molecule has 1 unspecified atom stereocenters. The van der Waals surface area contributed by atoms with Crippen molar-refractivity contribution in [2.45, 2.75) is 45.4 Å². The van der Waals surface area contributed by atoms with Crippen molar-refractivity contribution in [1.82, 2.24) is 0 Å². The maximum atomic E-state index is 11.7. The molecule has 0 aromatic rings. The molecule has 0 aromatic heterocycles. The van der Waals surface area contributed by atoms with Crippen molar-refractivity contribution >= 4 is 11.8 Å². The molecular weight excluding hydrogens is 192 g/mol. The minimum atomic E-state index is -0.204. The molecule has 0 spiro atoms. The van der Waals surface area contributed by atoms with E-state index in [-0.39, 0.29) is 23.6 Å². The fourth-order valence-electron chi connectivity index (χ4n) is 2.33. The molecule has 0 heterocycles.